The molecule has 1 fully saturated rings. The minimum Gasteiger partial charge on any atom is -0.328 e. The van der Waals surface area contributed by atoms with Gasteiger partial charge in [-0.25, -0.2) is 4.98 Å². The summed E-state index contributed by atoms with van der Waals surface area (Å²) in [7, 11) is 0. The summed E-state index contributed by atoms with van der Waals surface area (Å²) < 4.78 is 0. The predicted molar refractivity (Wildman–Crippen MR) is 68.6 cm³/mol. The number of thiazole rings is 1. The van der Waals surface area contributed by atoms with E-state index >= 15 is 0 Å². The van der Waals surface area contributed by atoms with E-state index in [1.54, 1.807) is 0 Å². The van der Waals surface area contributed by atoms with Crippen molar-refractivity contribution < 1.29 is 0 Å². The van der Waals surface area contributed by atoms with Gasteiger partial charge in [-0.05, 0) is 25.7 Å². The number of aromatic nitrogens is 1. The quantitative estimate of drug-likeness (QED) is 0.845. The van der Waals surface area contributed by atoms with E-state index in [-0.39, 0.29) is 0 Å². The number of nitrogens with two attached hydrogens (primary N) is 1. The van der Waals surface area contributed by atoms with Gasteiger partial charge in [0.15, 0.2) is 0 Å². The maximum absolute atomic E-state index is 5.97. The molecule has 90 valence electrons. The number of nitrogens with zero attached hydrogens (tertiary/aromatic N) is 1. The Hall–Kier alpha value is -0.450. The Balaban J connectivity index is 1.78. The number of rotatable bonds is 4. The zero-order valence-electron chi connectivity index (χ0n) is 9.91. The summed E-state index contributed by atoms with van der Waals surface area (Å²) in [5.41, 5.74) is 5.97. The molecule has 1 heterocycles. The number of hydrogen-bond acceptors (Lipinski definition) is 4. The lowest BCUT2D eigenvalue weighted by atomic mass is 9.92. The zero-order chi connectivity index (χ0) is 11.4. The van der Waals surface area contributed by atoms with Gasteiger partial charge < -0.3 is 11.1 Å². The van der Waals surface area contributed by atoms with Gasteiger partial charge in [0.1, 0.15) is 5.01 Å². The molecule has 4 heteroatoms. The van der Waals surface area contributed by atoms with Gasteiger partial charge in [-0.2, -0.15) is 0 Å². The molecule has 1 aromatic heterocycles. The Morgan fingerprint density at radius 2 is 2.44 bits per heavy atom. The highest BCUT2D eigenvalue weighted by Gasteiger charge is 2.18. The molecule has 16 heavy (non-hydrogen) atoms. The summed E-state index contributed by atoms with van der Waals surface area (Å²) in [6.45, 7) is 3.08. The van der Waals surface area contributed by atoms with Crippen molar-refractivity contribution >= 4 is 11.3 Å². The van der Waals surface area contributed by atoms with Gasteiger partial charge in [-0.3, -0.25) is 0 Å². The van der Waals surface area contributed by atoms with Crippen LogP contribution in [0.2, 0.25) is 0 Å². The van der Waals surface area contributed by atoms with E-state index < -0.39 is 0 Å². The fraction of sp³-hybridized carbons (Fsp3) is 0.750. The van der Waals surface area contributed by atoms with Crippen LogP contribution in [0.3, 0.4) is 0 Å². The average molecular weight is 239 g/mol. The van der Waals surface area contributed by atoms with Crippen molar-refractivity contribution in [1.82, 2.24) is 10.3 Å². The Labute approximate surface area is 101 Å². The van der Waals surface area contributed by atoms with Crippen molar-refractivity contribution in [3.63, 3.8) is 0 Å². The van der Waals surface area contributed by atoms with Crippen molar-refractivity contribution in [2.75, 3.05) is 0 Å². The first kappa shape index (κ1) is 12.0. The molecule has 0 aliphatic heterocycles. The average Bonchev–Trinajstić information content (AvgIpc) is 2.74. The van der Waals surface area contributed by atoms with Crippen LogP contribution in [0.4, 0.5) is 0 Å². The van der Waals surface area contributed by atoms with Gasteiger partial charge in [0, 0.05) is 29.7 Å². The van der Waals surface area contributed by atoms with Crippen LogP contribution in [0.1, 0.15) is 42.5 Å². The molecule has 0 radical (unpaired) electrons. The van der Waals surface area contributed by atoms with Crippen molar-refractivity contribution in [3.05, 3.63) is 16.1 Å². The summed E-state index contributed by atoms with van der Waals surface area (Å²) >= 11 is 1.82. The lowest BCUT2D eigenvalue weighted by molar-refractivity contribution is 0.338. The van der Waals surface area contributed by atoms with Crippen molar-refractivity contribution in [2.45, 2.75) is 57.7 Å². The standard InChI is InChI=1S/C12H21N3S/c1-2-11-7-15-12(16-11)8-14-10-5-3-4-9(13)6-10/h7,9-10,14H,2-6,8,13H2,1H3. The zero-order valence-corrected chi connectivity index (χ0v) is 10.7. The SMILES string of the molecule is CCc1cnc(CNC2CCCC(N)C2)s1. The molecule has 2 rings (SSSR count). The molecular formula is C12H21N3S. The molecule has 3 nitrogen and oxygen atoms in total. The van der Waals surface area contributed by atoms with Gasteiger partial charge in [0.05, 0.1) is 0 Å². The molecule has 1 saturated carbocycles. The second-order valence-electron chi connectivity index (χ2n) is 4.58. The van der Waals surface area contributed by atoms with Gasteiger partial charge in [-0.1, -0.05) is 13.3 Å². The molecule has 0 amide bonds. The molecule has 0 spiro atoms. The highest BCUT2D eigenvalue weighted by atomic mass is 32.1. The van der Waals surface area contributed by atoms with Crippen molar-refractivity contribution in [1.29, 1.82) is 0 Å². The van der Waals surface area contributed by atoms with Crippen LogP contribution >= 0.6 is 11.3 Å². The molecule has 2 atom stereocenters. The van der Waals surface area contributed by atoms with Crippen LogP contribution in [-0.4, -0.2) is 17.1 Å². The second kappa shape index (κ2) is 5.75. The van der Waals surface area contributed by atoms with E-state index in [2.05, 4.69) is 17.2 Å². The normalized spacial score (nSPS) is 25.9. The molecule has 1 aliphatic rings. The maximum Gasteiger partial charge on any atom is 0.107 e. The molecule has 0 bridgehead atoms. The highest BCUT2D eigenvalue weighted by Crippen LogP contribution is 2.18. The summed E-state index contributed by atoms with van der Waals surface area (Å²) in [4.78, 5) is 5.79. The molecule has 1 aliphatic carbocycles. The van der Waals surface area contributed by atoms with Gasteiger partial charge >= 0.3 is 0 Å². The maximum atomic E-state index is 5.97. The van der Waals surface area contributed by atoms with E-state index in [4.69, 9.17) is 5.73 Å². The fourth-order valence-corrected chi connectivity index (χ4v) is 3.05. The largest absolute Gasteiger partial charge is 0.328 e. The number of aryl methyl sites for hydroxylation is 1. The third kappa shape index (κ3) is 3.27. The van der Waals surface area contributed by atoms with E-state index in [9.17, 15) is 0 Å². The summed E-state index contributed by atoms with van der Waals surface area (Å²) in [6, 6.07) is 0.992. The minimum atomic E-state index is 0.397. The molecule has 0 saturated heterocycles. The van der Waals surface area contributed by atoms with Gasteiger partial charge in [-0.15, -0.1) is 11.3 Å². The third-order valence-corrected chi connectivity index (χ3v) is 4.35. The Morgan fingerprint density at radius 1 is 1.56 bits per heavy atom. The van der Waals surface area contributed by atoms with Crippen LogP contribution in [0.5, 0.6) is 0 Å². The first-order valence-electron chi connectivity index (χ1n) is 6.20. The Morgan fingerprint density at radius 3 is 3.12 bits per heavy atom. The van der Waals surface area contributed by atoms with Gasteiger partial charge in [0.2, 0.25) is 0 Å². The first-order chi connectivity index (χ1) is 7.78. The topological polar surface area (TPSA) is 50.9 Å². The molecular weight excluding hydrogens is 218 g/mol. The summed E-state index contributed by atoms with van der Waals surface area (Å²) in [5, 5.41) is 4.78. The summed E-state index contributed by atoms with van der Waals surface area (Å²) in [5.74, 6) is 0. The Bertz CT molecular complexity index is 324. The molecule has 0 aromatic carbocycles. The van der Waals surface area contributed by atoms with Crippen molar-refractivity contribution in [3.8, 4) is 0 Å². The fourth-order valence-electron chi connectivity index (χ4n) is 2.24. The second-order valence-corrected chi connectivity index (χ2v) is 5.78. The van der Waals surface area contributed by atoms with Gasteiger partial charge in [0.25, 0.3) is 0 Å². The van der Waals surface area contributed by atoms with Crippen LogP contribution in [0.15, 0.2) is 6.20 Å². The van der Waals surface area contributed by atoms with Crippen molar-refractivity contribution in [2.24, 2.45) is 5.73 Å². The summed E-state index contributed by atoms with van der Waals surface area (Å²) in [6.07, 6.45) is 7.91. The Kier molecular flexibility index (Phi) is 4.32. The number of hydrogen-bond donors (Lipinski definition) is 2. The van der Waals surface area contributed by atoms with Crippen LogP contribution in [0.25, 0.3) is 0 Å². The molecule has 1 aromatic rings. The number of nitrogens with one attached hydrogen (secondary N) is 1. The lowest BCUT2D eigenvalue weighted by Gasteiger charge is -2.27. The lowest BCUT2D eigenvalue weighted by Crippen LogP contribution is -2.39. The minimum absolute atomic E-state index is 0.397. The van der Waals surface area contributed by atoms with E-state index in [0.29, 0.717) is 12.1 Å². The molecule has 3 N–H and O–H groups in total. The first-order valence-corrected chi connectivity index (χ1v) is 7.02. The van der Waals surface area contributed by atoms with Crippen LogP contribution < -0.4 is 11.1 Å². The monoisotopic (exact) mass is 239 g/mol. The smallest absolute Gasteiger partial charge is 0.107 e. The third-order valence-electron chi connectivity index (χ3n) is 3.21. The van der Waals surface area contributed by atoms with Crippen LogP contribution in [-0.2, 0) is 13.0 Å². The van der Waals surface area contributed by atoms with Crippen LogP contribution in [0, 0.1) is 0 Å². The molecule has 2 unspecified atom stereocenters. The predicted octanol–water partition coefficient (Wildman–Crippen LogP) is 2.07. The van der Waals surface area contributed by atoms with E-state index in [1.807, 2.05) is 17.5 Å². The highest BCUT2D eigenvalue weighted by molar-refractivity contribution is 7.11. The van der Waals surface area contributed by atoms with E-state index in [0.717, 1.165) is 19.4 Å². The van der Waals surface area contributed by atoms with E-state index in [1.165, 1.54) is 29.1 Å².